The van der Waals surface area contributed by atoms with E-state index in [1.807, 2.05) is 26.0 Å². The van der Waals surface area contributed by atoms with Gasteiger partial charge in [0.2, 0.25) is 0 Å². The molecule has 3 nitrogen and oxygen atoms in total. The normalized spacial score (nSPS) is 10.3. The van der Waals surface area contributed by atoms with Crippen molar-refractivity contribution in [2.45, 2.75) is 20.4 Å². The highest BCUT2D eigenvalue weighted by atomic mass is 16.1. The van der Waals surface area contributed by atoms with Gasteiger partial charge in [-0.3, -0.25) is 4.79 Å². The first-order chi connectivity index (χ1) is 7.63. The SMILES string of the molecule is Cc1cc(C)c2c(=O)ccn(CC#N)c2c1. The molecule has 1 aromatic carbocycles. The minimum atomic E-state index is 0.0155. The summed E-state index contributed by atoms with van der Waals surface area (Å²) in [6.07, 6.45) is 1.67. The van der Waals surface area contributed by atoms with Crippen LogP contribution < -0.4 is 5.43 Å². The van der Waals surface area contributed by atoms with Crippen LogP contribution in [0.2, 0.25) is 0 Å². The predicted octanol–water partition coefficient (Wildman–Crippen LogP) is 2.14. The lowest BCUT2D eigenvalue weighted by Crippen LogP contribution is -2.09. The fraction of sp³-hybridized carbons (Fsp3) is 0.231. The zero-order chi connectivity index (χ0) is 11.7. The summed E-state index contributed by atoms with van der Waals surface area (Å²) < 4.78 is 1.80. The zero-order valence-corrected chi connectivity index (χ0v) is 9.32. The number of aryl methyl sites for hydroxylation is 2. The lowest BCUT2D eigenvalue weighted by molar-refractivity contribution is 0.860. The molecule has 0 saturated heterocycles. The minimum Gasteiger partial charge on any atom is -0.333 e. The molecule has 0 aliphatic carbocycles. The van der Waals surface area contributed by atoms with Gasteiger partial charge >= 0.3 is 0 Å². The van der Waals surface area contributed by atoms with Gasteiger partial charge in [-0.05, 0) is 31.0 Å². The molecule has 0 spiro atoms. The van der Waals surface area contributed by atoms with Crippen molar-refractivity contribution in [3.8, 4) is 6.07 Å². The van der Waals surface area contributed by atoms with Gasteiger partial charge in [0, 0.05) is 17.6 Å². The van der Waals surface area contributed by atoms with E-state index >= 15 is 0 Å². The summed E-state index contributed by atoms with van der Waals surface area (Å²) in [6, 6.07) is 7.54. The summed E-state index contributed by atoms with van der Waals surface area (Å²) in [5.41, 5.74) is 2.92. The standard InChI is InChI=1S/C13H12N2O/c1-9-7-10(2)13-11(8-9)15(6-4-14)5-3-12(13)16/h3,5,7-8H,6H2,1-2H3. The maximum absolute atomic E-state index is 11.8. The van der Waals surface area contributed by atoms with Crippen LogP contribution in [0.15, 0.2) is 29.2 Å². The van der Waals surface area contributed by atoms with Crippen molar-refractivity contribution in [2.24, 2.45) is 0 Å². The Morgan fingerprint density at radius 3 is 2.81 bits per heavy atom. The van der Waals surface area contributed by atoms with Crippen LogP contribution in [0.25, 0.3) is 10.9 Å². The maximum atomic E-state index is 11.8. The van der Waals surface area contributed by atoms with Gasteiger partial charge < -0.3 is 4.57 Å². The average Bonchev–Trinajstić information content (AvgIpc) is 2.21. The third-order valence-corrected chi connectivity index (χ3v) is 2.66. The molecular formula is C13H12N2O. The Hall–Kier alpha value is -2.08. The summed E-state index contributed by atoms with van der Waals surface area (Å²) in [4.78, 5) is 11.8. The molecule has 3 heteroatoms. The molecule has 2 aromatic rings. The van der Waals surface area contributed by atoms with E-state index in [2.05, 4.69) is 6.07 Å². The van der Waals surface area contributed by atoms with Crippen molar-refractivity contribution in [3.05, 3.63) is 45.7 Å². The first-order valence-electron chi connectivity index (χ1n) is 5.11. The molecule has 0 radical (unpaired) electrons. The number of hydrogen-bond acceptors (Lipinski definition) is 2. The topological polar surface area (TPSA) is 45.8 Å². The van der Waals surface area contributed by atoms with Crippen molar-refractivity contribution in [1.82, 2.24) is 4.57 Å². The Morgan fingerprint density at radius 2 is 2.12 bits per heavy atom. The lowest BCUT2D eigenvalue weighted by atomic mass is 10.1. The van der Waals surface area contributed by atoms with Gasteiger partial charge in [-0.25, -0.2) is 0 Å². The van der Waals surface area contributed by atoms with E-state index in [4.69, 9.17) is 5.26 Å². The summed E-state index contributed by atoms with van der Waals surface area (Å²) in [6.45, 7) is 4.17. The van der Waals surface area contributed by atoms with Crippen LogP contribution >= 0.6 is 0 Å². The van der Waals surface area contributed by atoms with E-state index < -0.39 is 0 Å². The highest BCUT2D eigenvalue weighted by molar-refractivity contribution is 5.83. The van der Waals surface area contributed by atoms with Crippen molar-refractivity contribution >= 4 is 10.9 Å². The molecule has 0 bridgehead atoms. The maximum Gasteiger partial charge on any atom is 0.189 e. The molecule has 0 saturated carbocycles. The van der Waals surface area contributed by atoms with Crippen molar-refractivity contribution in [1.29, 1.82) is 5.26 Å². The van der Waals surface area contributed by atoms with Gasteiger partial charge in [-0.2, -0.15) is 5.26 Å². The van der Waals surface area contributed by atoms with Crippen LogP contribution in [0.4, 0.5) is 0 Å². The molecule has 0 atom stereocenters. The molecule has 0 fully saturated rings. The molecular weight excluding hydrogens is 200 g/mol. The van der Waals surface area contributed by atoms with Crippen LogP contribution in [0.5, 0.6) is 0 Å². The minimum absolute atomic E-state index is 0.0155. The quantitative estimate of drug-likeness (QED) is 0.727. The molecule has 1 heterocycles. The smallest absolute Gasteiger partial charge is 0.189 e. The number of nitriles is 1. The van der Waals surface area contributed by atoms with Crippen molar-refractivity contribution in [3.63, 3.8) is 0 Å². The second-order valence-electron chi connectivity index (χ2n) is 3.94. The van der Waals surface area contributed by atoms with Crippen LogP contribution in [-0.2, 0) is 6.54 Å². The largest absolute Gasteiger partial charge is 0.333 e. The molecule has 0 N–H and O–H groups in total. The summed E-state index contributed by atoms with van der Waals surface area (Å²) in [7, 11) is 0. The van der Waals surface area contributed by atoms with Crippen LogP contribution in [0, 0.1) is 25.2 Å². The highest BCUT2D eigenvalue weighted by Gasteiger charge is 2.05. The van der Waals surface area contributed by atoms with Gasteiger partial charge in [0.15, 0.2) is 5.43 Å². The summed E-state index contributed by atoms with van der Waals surface area (Å²) in [5.74, 6) is 0. The second kappa shape index (κ2) is 3.82. The van der Waals surface area contributed by atoms with Gasteiger partial charge in [0.25, 0.3) is 0 Å². The Labute approximate surface area is 93.6 Å². The Kier molecular flexibility index (Phi) is 2.49. The molecule has 0 aliphatic rings. The first-order valence-corrected chi connectivity index (χ1v) is 5.11. The molecule has 1 aromatic heterocycles. The van der Waals surface area contributed by atoms with E-state index in [1.54, 1.807) is 10.8 Å². The second-order valence-corrected chi connectivity index (χ2v) is 3.94. The van der Waals surface area contributed by atoms with Crippen LogP contribution in [-0.4, -0.2) is 4.57 Å². The number of aromatic nitrogens is 1. The number of hydrogen-bond donors (Lipinski definition) is 0. The number of benzene rings is 1. The van der Waals surface area contributed by atoms with Crippen molar-refractivity contribution in [2.75, 3.05) is 0 Å². The number of rotatable bonds is 1. The molecule has 80 valence electrons. The zero-order valence-electron chi connectivity index (χ0n) is 9.32. The van der Waals surface area contributed by atoms with E-state index in [0.29, 0.717) is 5.39 Å². The molecule has 0 unspecified atom stereocenters. The molecule has 0 amide bonds. The van der Waals surface area contributed by atoms with Crippen molar-refractivity contribution < 1.29 is 0 Å². The fourth-order valence-electron chi connectivity index (χ4n) is 2.03. The Balaban J connectivity index is 2.93. The monoisotopic (exact) mass is 212 g/mol. The molecule has 16 heavy (non-hydrogen) atoms. The summed E-state index contributed by atoms with van der Waals surface area (Å²) >= 11 is 0. The van der Waals surface area contributed by atoms with Gasteiger partial charge in [-0.1, -0.05) is 6.07 Å². The van der Waals surface area contributed by atoms with Gasteiger partial charge in [-0.15, -0.1) is 0 Å². The molecule has 2 rings (SSSR count). The van der Waals surface area contributed by atoms with E-state index in [0.717, 1.165) is 16.6 Å². The summed E-state index contributed by atoms with van der Waals surface area (Å²) in [5, 5.41) is 9.45. The van der Waals surface area contributed by atoms with Crippen LogP contribution in [0.3, 0.4) is 0 Å². The Bertz CT molecular complexity index is 647. The predicted molar refractivity (Wildman–Crippen MR) is 63.3 cm³/mol. The highest BCUT2D eigenvalue weighted by Crippen LogP contribution is 2.17. The number of fused-ring (bicyclic) bond motifs is 1. The van der Waals surface area contributed by atoms with E-state index in [-0.39, 0.29) is 12.0 Å². The van der Waals surface area contributed by atoms with Gasteiger partial charge in [0.05, 0.1) is 11.6 Å². The first kappa shape index (κ1) is 10.4. The third-order valence-electron chi connectivity index (χ3n) is 2.66. The molecule has 0 aliphatic heterocycles. The fourth-order valence-corrected chi connectivity index (χ4v) is 2.03. The lowest BCUT2D eigenvalue weighted by Gasteiger charge is -2.09. The average molecular weight is 212 g/mol. The van der Waals surface area contributed by atoms with E-state index in [1.165, 1.54) is 6.07 Å². The number of nitrogens with zero attached hydrogens (tertiary/aromatic N) is 2. The number of pyridine rings is 1. The van der Waals surface area contributed by atoms with Crippen LogP contribution in [0.1, 0.15) is 11.1 Å². The van der Waals surface area contributed by atoms with E-state index in [9.17, 15) is 4.79 Å². The Morgan fingerprint density at radius 1 is 1.38 bits per heavy atom. The third kappa shape index (κ3) is 1.59. The van der Waals surface area contributed by atoms with Gasteiger partial charge in [0.1, 0.15) is 6.54 Å².